The number of carbonyl (C=O) groups excluding carboxylic acids is 1. The summed E-state index contributed by atoms with van der Waals surface area (Å²) in [6, 6.07) is 9.13. The minimum atomic E-state index is -4.38. The van der Waals surface area contributed by atoms with Crippen LogP contribution in [0.4, 0.5) is 13.2 Å². The minimum Gasteiger partial charge on any atom is -0.298 e. The lowest BCUT2D eigenvalue weighted by Crippen LogP contribution is -2.05. The van der Waals surface area contributed by atoms with Gasteiger partial charge in [-0.1, -0.05) is 24.3 Å². The fraction of sp³-hybridized carbons (Fsp3) is 0.0667. The number of hydrogen-bond acceptors (Lipinski definition) is 2. The van der Waals surface area contributed by atoms with Crippen molar-refractivity contribution in [3.8, 4) is 0 Å². The van der Waals surface area contributed by atoms with Gasteiger partial charge in [0.1, 0.15) is 6.29 Å². The maximum atomic E-state index is 12.4. The van der Waals surface area contributed by atoms with Crippen molar-refractivity contribution in [2.45, 2.75) is 6.18 Å². The number of benzene rings is 1. The first-order valence-corrected chi connectivity index (χ1v) is 5.75. The average Bonchev–Trinajstić information content (AvgIpc) is 2.45. The van der Waals surface area contributed by atoms with E-state index in [4.69, 9.17) is 0 Å². The molecule has 1 heterocycles. The smallest absolute Gasteiger partial charge is 0.298 e. The molecule has 0 aliphatic rings. The molecular formula is C15H10F3NO. The molecule has 1 aromatic heterocycles. The number of alkyl halides is 3. The maximum Gasteiger partial charge on any atom is 0.417 e. The molecule has 102 valence electrons. The van der Waals surface area contributed by atoms with E-state index in [0.717, 1.165) is 24.1 Å². The summed E-state index contributed by atoms with van der Waals surface area (Å²) >= 11 is 0. The number of aromatic nitrogens is 1. The highest BCUT2D eigenvalue weighted by molar-refractivity contribution is 5.78. The summed E-state index contributed by atoms with van der Waals surface area (Å²) in [5, 5.41) is 0. The van der Waals surface area contributed by atoms with E-state index in [-0.39, 0.29) is 0 Å². The Morgan fingerprint density at radius 3 is 2.35 bits per heavy atom. The van der Waals surface area contributed by atoms with E-state index >= 15 is 0 Å². The SMILES string of the molecule is O=Cc1cccc(/C=C/c2ccc(C(F)(F)F)cn2)c1. The van der Waals surface area contributed by atoms with Crippen LogP contribution in [0.2, 0.25) is 0 Å². The van der Waals surface area contributed by atoms with Gasteiger partial charge in [0.05, 0.1) is 11.3 Å². The van der Waals surface area contributed by atoms with Crippen LogP contribution in [-0.2, 0) is 6.18 Å². The van der Waals surface area contributed by atoms with E-state index < -0.39 is 11.7 Å². The Morgan fingerprint density at radius 2 is 1.75 bits per heavy atom. The number of rotatable bonds is 3. The number of aldehydes is 1. The largest absolute Gasteiger partial charge is 0.417 e. The van der Waals surface area contributed by atoms with Gasteiger partial charge in [0.2, 0.25) is 0 Å². The van der Waals surface area contributed by atoms with E-state index in [1.165, 1.54) is 6.07 Å². The van der Waals surface area contributed by atoms with Crippen LogP contribution in [0, 0.1) is 0 Å². The van der Waals surface area contributed by atoms with Crippen LogP contribution < -0.4 is 0 Å². The van der Waals surface area contributed by atoms with Gasteiger partial charge >= 0.3 is 6.18 Å². The second-order valence-corrected chi connectivity index (χ2v) is 4.09. The van der Waals surface area contributed by atoms with E-state index in [1.54, 1.807) is 36.4 Å². The summed E-state index contributed by atoms with van der Waals surface area (Å²) in [5.74, 6) is 0. The predicted octanol–water partition coefficient (Wildman–Crippen LogP) is 4.08. The van der Waals surface area contributed by atoms with Gasteiger partial charge in [-0.25, -0.2) is 0 Å². The van der Waals surface area contributed by atoms with Crippen LogP contribution in [0.25, 0.3) is 12.2 Å². The Bertz CT molecular complexity index is 630. The van der Waals surface area contributed by atoms with Gasteiger partial charge in [-0.2, -0.15) is 13.2 Å². The van der Waals surface area contributed by atoms with Crippen molar-refractivity contribution in [1.29, 1.82) is 0 Å². The van der Waals surface area contributed by atoms with Crippen molar-refractivity contribution in [3.05, 3.63) is 65.0 Å². The topological polar surface area (TPSA) is 30.0 Å². The van der Waals surface area contributed by atoms with E-state index in [9.17, 15) is 18.0 Å². The number of pyridine rings is 1. The Kier molecular flexibility index (Phi) is 3.98. The predicted molar refractivity (Wildman–Crippen MR) is 70.0 cm³/mol. The normalized spacial score (nSPS) is 11.8. The van der Waals surface area contributed by atoms with Gasteiger partial charge in [-0.05, 0) is 29.8 Å². The molecule has 2 nitrogen and oxygen atoms in total. The molecule has 0 fully saturated rings. The Labute approximate surface area is 113 Å². The van der Waals surface area contributed by atoms with Crippen molar-refractivity contribution in [2.24, 2.45) is 0 Å². The molecule has 2 aromatic rings. The van der Waals surface area contributed by atoms with Gasteiger partial charge < -0.3 is 0 Å². The zero-order valence-electron chi connectivity index (χ0n) is 10.3. The van der Waals surface area contributed by atoms with Gasteiger partial charge in [-0.15, -0.1) is 0 Å². The highest BCUT2D eigenvalue weighted by Gasteiger charge is 2.30. The molecule has 0 saturated heterocycles. The van der Waals surface area contributed by atoms with E-state index in [2.05, 4.69) is 4.98 Å². The van der Waals surface area contributed by atoms with Crippen molar-refractivity contribution in [1.82, 2.24) is 4.98 Å². The summed E-state index contributed by atoms with van der Waals surface area (Å²) in [7, 11) is 0. The molecule has 20 heavy (non-hydrogen) atoms. The van der Waals surface area contributed by atoms with Gasteiger partial charge in [0.25, 0.3) is 0 Å². The summed E-state index contributed by atoms with van der Waals surface area (Å²) in [5.41, 5.74) is 0.941. The van der Waals surface area contributed by atoms with Crippen LogP contribution in [0.1, 0.15) is 27.2 Å². The average molecular weight is 277 g/mol. The number of hydrogen-bond donors (Lipinski definition) is 0. The van der Waals surface area contributed by atoms with Crippen LogP contribution in [-0.4, -0.2) is 11.3 Å². The lowest BCUT2D eigenvalue weighted by atomic mass is 10.1. The first kappa shape index (κ1) is 14.0. The number of nitrogens with zero attached hydrogens (tertiary/aromatic N) is 1. The molecule has 0 aliphatic carbocycles. The van der Waals surface area contributed by atoms with Crippen LogP contribution in [0.15, 0.2) is 42.6 Å². The lowest BCUT2D eigenvalue weighted by Gasteiger charge is -2.05. The first-order chi connectivity index (χ1) is 9.49. The molecule has 1 aromatic carbocycles. The molecule has 0 atom stereocenters. The van der Waals surface area contributed by atoms with Crippen molar-refractivity contribution >= 4 is 18.4 Å². The molecule has 0 N–H and O–H groups in total. The zero-order valence-corrected chi connectivity index (χ0v) is 10.3. The van der Waals surface area contributed by atoms with Crippen LogP contribution in [0.3, 0.4) is 0 Å². The molecular weight excluding hydrogens is 267 g/mol. The van der Waals surface area contributed by atoms with Gasteiger partial charge in [0, 0.05) is 11.8 Å². The maximum absolute atomic E-state index is 12.4. The molecule has 0 spiro atoms. The summed E-state index contributed by atoms with van der Waals surface area (Å²) in [6.45, 7) is 0. The van der Waals surface area contributed by atoms with Crippen molar-refractivity contribution in [2.75, 3.05) is 0 Å². The second-order valence-electron chi connectivity index (χ2n) is 4.09. The quantitative estimate of drug-likeness (QED) is 0.791. The monoisotopic (exact) mass is 277 g/mol. The molecule has 0 radical (unpaired) electrons. The van der Waals surface area contributed by atoms with Crippen LogP contribution >= 0.6 is 0 Å². The highest BCUT2D eigenvalue weighted by Crippen LogP contribution is 2.28. The molecule has 0 aliphatic heterocycles. The van der Waals surface area contributed by atoms with E-state index in [1.807, 2.05) is 0 Å². The molecule has 0 bridgehead atoms. The third-order valence-electron chi connectivity index (χ3n) is 2.61. The Morgan fingerprint density at radius 1 is 1.00 bits per heavy atom. The third kappa shape index (κ3) is 3.54. The van der Waals surface area contributed by atoms with Crippen molar-refractivity contribution < 1.29 is 18.0 Å². The molecule has 5 heteroatoms. The molecule has 0 unspecified atom stereocenters. The summed E-state index contributed by atoms with van der Waals surface area (Å²) < 4.78 is 37.1. The molecule has 0 amide bonds. The number of halogens is 3. The second kappa shape index (κ2) is 5.69. The number of carbonyl (C=O) groups is 1. The Hall–Kier alpha value is -2.43. The summed E-state index contributed by atoms with van der Waals surface area (Å²) in [6.07, 6.45) is 0.412. The van der Waals surface area contributed by atoms with Gasteiger partial charge in [-0.3, -0.25) is 9.78 Å². The van der Waals surface area contributed by atoms with Crippen molar-refractivity contribution in [3.63, 3.8) is 0 Å². The minimum absolute atomic E-state index is 0.412. The standard InChI is InChI=1S/C15H10F3NO/c16-15(17,18)13-5-7-14(19-9-13)6-4-11-2-1-3-12(8-11)10-20/h1-10H/b6-4+. The lowest BCUT2D eigenvalue weighted by molar-refractivity contribution is -0.137. The molecule has 2 rings (SSSR count). The summed E-state index contributed by atoms with van der Waals surface area (Å²) in [4.78, 5) is 14.3. The zero-order chi connectivity index (χ0) is 14.6. The first-order valence-electron chi connectivity index (χ1n) is 5.75. The fourth-order valence-electron chi connectivity index (χ4n) is 1.59. The van der Waals surface area contributed by atoms with Crippen LogP contribution in [0.5, 0.6) is 0 Å². The highest BCUT2D eigenvalue weighted by atomic mass is 19.4. The molecule has 0 saturated carbocycles. The Balaban J connectivity index is 2.17. The van der Waals surface area contributed by atoms with E-state index in [0.29, 0.717) is 11.3 Å². The fourth-order valence-corrected chi connectivity index (χ4v) is 1.59. The third-order valence-corrected chi connectivity index (χ3v) is 2.61. The van der Waals surface area contributed by atoms with Gasteiger partial charge in [0.15, 0.2) is 0 Å².